The molecule has 0 radical (unpaired) electrons. The summed E-state index contributed by atoms with van der Waals surface area (Å²) in [5, 5.41) is 31.7. The molecule has 4 N–H and O–H groups in total. The Morgan fingerprint density at radius 3 is 1.59 bits per heavy atom. The molecule has 2 heterocycles. The quantitative estimate of drug-likeness (QED) is 0.128. The first-order valence-electron chi connectivity index (χ1n) is 16.7. The molecule has 2 aliphatic rings. The summed E-state index contributed by atoms with van der Waals surface area (Å²) in [6.45, 7) is 10.2. The lowest BCUT2D eigenvalue weighted by atomic mass is 9.84. The lowest BCUT2D eigenvalue weighted by molar-refractivity contribution is -0.113. The molecule has 4 aromatic rings. The van der Waals surface area contributed by atoms with Crippen molar-refractivity contribution in [2.24, 2.45) is 0 Å². The van der Waals surface area contributed by atoms with Crippen LogP contribution in [0.3, 0.4) is 0 Å². The van der Waals surface area contributed by atoms with Gasteiger partial charge in [-0.25, -0.2) is 0 Å². The van der Waals surface area contributed by atoms with E-state index in [0.29, 0.717) is 28.5 Å². The fourth-order valence-electron chi connectivity index (χ4n) is 6.29. The van der Waals surface area contributed by atoms with E-state index < -0.39 is 11.8 Å². The molecule has 9 nitrogen and oxygen atoms in total. The van der Waals surface area contributed by atoms with Crippen LogP contribution in [0.4, 0.5) is 11.4 Å². The summed E-state index contributed by atoms with van der Waals surface area (Å²) in [6, 6.07) is 34.4. The van der Waals surface area contributed by atoms with Gasteiger partial charge in [0.25, 0.3) is 11.8 Å². The molecule has 2 aliphatic heterocycles. The summed E-state index contributed by atoms with van der Waals surface area (Å²) in [4.78, 5) is 25.5. The van der Waals surface area contributed by atoms with E-state index >= 15 is 0 Å². The Hall–Kier alpha value is -6.32. The summed E-state index contributed by atoms with van der Waals surface area (Å²) in [5.41, 5.74) is 7.21. The van der Waals surface area contributed by atoms with Crippen molar-refractivity contribution in [3.63, 3.8) is 0 Å². The van der Waals surface area contributed by atoms with Gasteiger partial charge in [-0.2, -0.15) is 10.5 Å². The van der Waals surface area contributed by atoms with Crippen LogP contribution in [0, 0.1) is 29.6 Å². The number of nitrogens with zero attached hydrogens (tertiary/aromatic N) is 2. The molecule has 4 aromatic carbocycles. The first kappa shape index (κ1) is 36.0. The average Bonchev–Trinajstić information content (AvgIpc) is 3.09. The molecule has 0 bridgehead atoms. The summed E-state index contributed by atoms with van der Waals surface area (Å²) >= 11 is 0. The zero-order valence-electron chi connectivity index (χ0n) is 29.8. The minimum Gasteiger partial charge on any atom is -0.497 e. The molecule has 0 spiro atoms. The second-order valence-electron chi connectivity index (χ2n) is 13.9. The number of ether oxygens (including phenoxy) is 1. The number of amides is 2. The molecule has 0 aromatic heterocycles. The lowest BCUT2D eigenvalue weighted by Gasteiger charge is -2.36. The van der Waals surface area contributed by atoms with Crippen LogP contribution in [0.1, 0.15) is 55.5 Å². The number of nitriles is 2. The van der Waals surface area contributed by atoms with Gasteiger partial charge in [-0.1, -0.05) is 66.7 Å². The molecular formula is C42H42N6O3. The van der Waals surface area contributed by atoms with E-state index in [9.17, 15) is 20.1 Å². The highest BCUT2D eigenvalue weighted by Crippen LogP contribution is 2.33. The van der Waals surface area contributed by atoms with Crippen molar-refractivity contribution in [2.75, 3.05) is 17.7 Å². The van der Waals surface area contributed by atoms with Crippen molar-refractivity contribution < 1.29 is 14.3 Å². The van der Waals surface area contributed by atoms with Gasteiger partial charge in [0.1, 0.15) is 29.0 Å². The zero-order chi connectivity index (χ0) is 36.8. The van der Waals surface area contributed by atoms with Crippen LogP contribution < -0.4 is 26.0 Å². The maximum absolute atomic E-state index is 12.8. The lowest BCUT2D eigenvalue weighted by Crippen LogP contribution is -2.44. The van der Waals surface area contributed by atoms with Crippen molar-refractivity contribution in [1.82, 2.24) is 10.6 Å². The van der Waals surface area contributed by atoms with E-state index in [-0.39, 0.29) is 22.2 Å². The number of para-hydroxylation sites is 1. The van der Waals surface area contributed by atoms with E-state index in [1.165, 1.54) is 0 Å². The third kappa shape index (κ3) is 8.46. The standard InChI is InChI=1S/C21H21N3O2.C21H21N3O/c1-21(2)12-14-6-4-5-7-17(14)19(24-21)18(13-22)20(25)23-15-8-10-16(26-3)11-9-15;1-14-8-4-7-11-18(14)23-20(25)17(13-22)19-16-10-6-5-9-15(16)12-21(2,3)24-19/h4-11,24H,12H2,1-3H3,(H,23,25);4-11,24H,12H2,1-3H3,(H,23,25). The SMILES string of the molecule is COc1ccc(NC(=O)C(C#N)=C2NC(C)(C)Cc3ccccc32)cc1.Cc1ccccc1NC(=O)C(C#N)=C1NC(C)(C)Cc2ccccc21. The van der Waals surface area contributed by atoms with Crippen LogP contribution in [0.25, 0.3) is 11.4 Å². The van der Waals surface area contributed by atoms with Gasteiger partial charge in [0.05, 0.1) is 18.5 Å². The molecule has 51 heavy (non-hydrogen) atoms. The van der Waals surface area contributed by atoms with Crippen LogP contribution >= 0.6 is 0 Å². The van der Waals surface area contributed by atoms with Gasteiger partial charge >= 0.3 is 0 Å². The number of rotatable bonds is 5. The molecular weight excluding hydrogens is 637 g/mol. The summed E-state index contributed by atoms with van der Waals surface area (Å²) < 4.78 is 5.12. The largest absolute Gasteiger partial charge is 0.497 e. The predicted octanol–water partition coefficient (Wildman–Crippen LogP) is 7.29. The van der Waals surface area contributed by atoms with E-state index in [1.54, 1.807) is 31.4 Å². The number of nitrogens with one attached hydrogen (secondary N) is 4. The van der Waals surface area contributed by atoms with Crippen molar-refractivity contribution in [1.29, 1.82) is 10.5 Å². The number of carbonyl (C=O) groups excluding carboxylic acids is 2. The molecule has 258 valence electrons. The number of benzene rings is 4. The number of anilines is 2. The van der Waals surface area contributed by atoms with Crippen molar-refractivity contribution >= 4 is 34.6 Å². The molecule has 2 amide bonds. The smallest absolute Gasteiger partial charge is 0.268 e. The summed E-state index contributed by atoms with van der Waals surface area (Å²) in [5.74, 6) is -0.133. The van der Waals surface area contributed by atoms with Gasteiger partial charge in [-0.05, 0) is 94.5 Å². The van der Waals surface area contributed by atoms with Gasteiger partial charge in [0.15, 0.2) is 0 Å². The monoisotopic (exact) mass is 678 g/mol. The number of aryl methyl sites for hydroxylation is 1. The van der Waals surface area contributed by atoms with Crippen LogP contribution in [-0.4, -0.2) is 30.0 Å². The Bertz CT molecular complexity index is 2110. The predicted molar refractivity (Wildman–Crippen MR) is 201 cm³/mol. The van der Waals surface area contributed by atoms with Gasteiger partial charge in [0, 0.05) is 33.6 Å². The number of hydrogen-bond donors (Lipinski definition) is 4. The van der Waals surface area contributed by atoms with E-state index in [4.69, 9.17) is 4.74 Å². The first-order valence-corrected chi connectivity index (χ1v) is 16.7. The van der Waals surface area contributed by atoms with Crippen molar-refractivity contribution in [3.8, 4) is 17.9 Å². The van der Waals surface area contributed by atoms with Crippen LogP contribution in [-0.2, 0) is 22.4 Å². The Kier molecular flexibility index (Phi) is 10.6. The normalized spacial score (nSPS) is 16.7. The topological polar surface area (TPSA) is 139 Å². The number of fused-ring (bicyclic) bond motifs is 2. The highest BCUT2D eigenvalue weighted by Gasteiger charge is 2.32. The maximum atomic E-state index is 12.8. The fourth-order valence-corrected chi connectivity index (χ4v) is 6.29. The second kappa shape index (κ2) is 15.1. The summed E-state index contributed by atoms with van der Waals surface area (Å²) in [7, 11) is 1.58. The number of methoxy groups -OCH3 is 1. The molecule has 0 unspecified atom stereocenters. The molecule has 0 fully saturated rings. The van der Waals surface area contributed by atoms with Crippen LogP contribution in [0.2, 0.25) is 0 Å². The minimum atomic E-state index is -0.437. The molecule has 9 heteroatoms. The van der Waals surface area contributed by atoms with Crippen LogP contribution in [0.15, 0.2) is 108 Å². The van der Waals surface area contributed by atoms with Gasteiger partial charge < -0.3 is 26.0 Å². The first-order chi connectivity index (χ1) is 24.3. The Morgan fingerprint density at radius 1 is 0.667 bits per heavy atom. The molecule has 0 saturated heterocycles. The Balaban J connectivity index is 0.000000198. The Morgan fingerprint density at radius 2 is 1.12 bits per heavy atom. The highest BCUT2D eigenvalue weighted by atomic mass is 16.5. The zero-order valence-corrected chi connectivity index (χ0v) is 29.8. The summed E-state index contributed by atoms with van der Waals surface area (Å²) in [6.07, 6.45) is 1.66. The third-order valence-electron chi connectivity index (χ3n) is 8.68. The van der Waals surface area contributed by atoms with Gasteiger partial charge in [0.2, 0.25) is 0 Å². The molecule has 0 atom stereocenters. The van der Waals surface area contributed by atoms with Crippen molar-refractivity contribution in [2.45, 2.75) is 58.5 Å². The molecule has 0 saturated carbocycles. The maximum Gasteiger partial charge on any atom is 0.268 e. The van der Waals surface area contributed by atoms with E-state index in [1.807, 2.05) is 79.7 Å². The third-order valence-corrected chi connectivity index (χ3v) is 8.68. The molecule has 6 rings (SSSR count). The van der Waals surface area contributed by atoms with E-state index in [2.05, 4.69) is 61.1 Å². The molecule has 0 aliphatic carbocycles. The fraction of sp³-hybridized carbons (Fsp3) is 0.238. The number of hydrogen-bond acceptors (Lipinski definition) is 7. The van der Waals surface area contributed by atoms with Gasteiger partial charge in [-0.3, -0.25) is 9.59 Å². The van der Waals surface area contributed by atoms with Crippen molar-refractivity contribution in [3.05, 3.63) is 136 Å². The number of carbonyl (C=O) groups is 2. The van der Waals surface area contributed by atoms with Gasteiger partial charge in [-0.15, -0.1) is 0 Å². The Labute approximate surface area is 299 Å². The minimum absolute atomic E-state index is 0.0704. The highest BCUT2D eigenvalue weighted by molar-refractivity contribution is 6.13. The average molecular weight is 679 g/mol. The van der Waals surface area contributed by atoms with Crippen LogP contribution in [0.5, 0.6) is 5.75 Å². The second-order valence-corrected chi connectivity index (χ2v) is 13.9. The van der Waals surface area contributed by atoms with E-state index in [0.717, 1.165) is 40.7 Å².